The second kappa shape index (κ2) is 7.01. The highest BCUT2D eigenvalue weighted by Crippen LogP contribution is 2.25. The summed E-state index contributed by atoms with van der Waals surface area (Å²) < 4.78 is 0. The van der Waals surface area contributed by atoms with E-state index in [1.165, 1.54) is 22.7 Å². The number of carbonyl (C=O) groups excluding carboxylic acids is 1. The van der Waals surface area contributed by atoms with Crippen LogP contribution in [0, 0.1) is 11.3 Å². The molecule has 2 aromatic heterocycles. The summed E-state index contributed by atoms with van der Waals surface area (Å²) >= 11 is 2.80. The summed E-state index contributed by atoms with van der Waals surface area (Å²) in [6, 6.07) is 15.4. The smallest absolute Gasteiger partial charge is 0.268 e. The maximum Gasteiger partial charge on any atom is 0.268 e. The van der Waals surface area contributed by atoms with Gasteiger partial charge in [0.05, 0.1) is 5.69 Å². The van der Waals surface area contributed by atoms with Crippen LogP contribution in [0.2, 0.25) is 0 Å². The van der Waals surface area contributed by atoms with Crippen LogP contribution < -0.4 is 5.32 Å². The second-order valence-electron chi connectivity index (χ2n) is 4.54. The third-order valence-corrected chi connectivity index (χ3v) is 4.57. The lowest BCUT2D eigenvalue weighted by molar-refractivity contribution is -0.112. The Kier molecular flexibility index (Phi) is 4.62. The molecular weight excluding hydrogens is 326 g/mol. The Bertz CT molecular complexity index is 874. The molecule has 0 bridgehead atoms. The quantitative estimate of drug-likeness (QED) is 0.566. The van der Waals surface area contributed by atoms with Crippen LogP contribution in [0.4, 0.5) is 5.13 Å². The van der Waals surface area contributed by atoms with Gasteiger partial charge < -0.3 is 0 Å². The first-order valence-corrected chi connectivity index (χ1v) is 8.50. The van der Waals surface area contributed by atoms with Gasteiger partial charge >= 0.3 is 0 Å². The molecule has 0 unspecified atom stereocenters. The molecule has 4 nitrogen and oxygen atoms in total. The summed E-state index contributed by atoms with van der Waals surface area (Å²) in [6.45, 7) is 0. The van der Waals surface area contributed by atoms with E-state index in [2.05, 4.69) is 10.3 Å². The number of amides is 1. The first kappa shape index (κ1) is 15.2. The lowest BCUT2D eigenvalue weighted by Gasteiger charge is -1.99. The predicted molar refractivity (Wildman–Crippen MR) is 94.1 cm³/mol. The number of benzene rings is 1. The van der Waals surface area contributed by atoms with Gasteiger partial charge in [0.25, 0.3) is 5.91 Å². The predicted octanol–water partition coefficient (Wildman–Crippen LogP) is 4.42. The van der Waals surface area contributed by atoms with E-state index in [0.717, 1.165) is 16.1 Å². The normalized spacial score (nSPS) is 11.0. The van der Waals surface area contributed by atoms with Crippen molar-refractivity contribution in [2.45, 2.75) is 0 Å². The summed E-state index contributed by atoms with van der Waals surface area (Å²) in [5, 5.41) is 16.1. The second-order valence-corrected chi connectivity index (χ2v) is 6.38. The Labute approximate surface area is 141 Å². The van der Waals surface area contributed by atoms with Crippen LogP contribution in [0.3, 0.4) is 0 Å². The van der Waals surface area contributed by atoms with Crippen molar-refractivity contribution in [1.82, 2.24) is 4.98 Å². The van der Waals surface area contributed by atoms with Gasteiger partial charge in [0.2, 0.25) is 0 Å². The van der Waals surface area contributed by atoms with E-state index < -0.39 is 5.91 Å². The first-order chi connectivity index (χ1) is 11.3. The van der Waals surface area contributed by atoms with Crippen LogP contribution in [0.1, 0.15) is 4.88 Å². The molecule has 0 saturated heterocycles. The van der Waals surface area contributed by atoms with Crippen molar-refractivity contribution >= 4 is 39.8 Å². The number of aromatic nitrogens is 1. The maximum atomic E-state index is 12.2. The number of nitriles is 1. The molecule has 2 heterocycles. The van der Waals surface area contributed by atoms with Crippen molar-refractivity contribution in [2.75, 3.05) is 5.32 Å². The molecule has 0 aliphatic heterocycles. The summed E-state index contributed by atoms with van der Waals surface area (Å²) in [6.07, 6.45) is 1.58. The van der Waals surface area contributed by atoms with E-state index in [1.807, 2.05) is 59.3 Å². The minimum atomic E-state index is -0.449. The highest BCUT2D eigenvalue weighted by Gasteiger charge is 2.12. The van der Waals surface area contributed by atoms with Gasteiger partial charge in [-0.15, -0.1) is 22.7 Å². The number of thiophene rings is 1. The standard InChI is InChI=1S/C17H11N3OS2/c18-10-13(9-14-7-4-8-22-14)16(21)20-17-19-15(11-23-17)12-5-2-1-3-6-12/h1-9,11H,(H,19,20,21)/b13-9-. The topological polar surface area (TPSA) is 65.8 Å². The van der Waals surface area contributed by atoms with E-state index in [9.17, 15) is 4.79 Å². The Morgan fingerprint density at radius 2 is 2.00 bits per heavy atom. The number of rotatable bonds is 4. The molecule has 0 aliphatic carbocycles. The molecule has 3 rings (SSSR count). The highest BCUT2D eigenvalue weighted by atomic mass is 32.1. The van der Waals surface area contributed by atoms with Crippen molar-refractivity contribution in [3.63, 3.8) is 0 Å². The van der Waals surface area contributed by atoms with Crippen LogP contribution in [-0.4, -0.2) is 10.9 Å². The van der Waals surface area contributed by atoms with Gasteiger partial charge in [-0.3, -0.25) is 10.1 Å². The van der Waals surface area contributed by atoms with Crippen molar-refractivity contribution in [3.8, 4) is 17.3 Å². The van der Waals surface area contributed by atoms with Crippen LogP contribution in [0.15, 0.2) is 58.8 Å². The minimum absolute atomic E-state index is 0.0592. The number of thiazole rings is 1. The highest BCUT2D eigenvalue weighted by molar-refractivity contribution is 7.14. The van der Waals surface area contributed by atoms with Crippen molar-refractivity contribution in [1.29, 1.82) is 5.26 Å². The van der Waals surface area contributed by atoms with Crippen LogP contribution >= 0.6 is 22.7 Å². The minimum Gasteiger partial charge on any atom is -0.297 e. The van der Waals surface area contributed by atoms with Gasteiger partial charge in [0, 0.05) is 15.8 Å². The molecule has 3 aromatic rings. The molecule has 1 amide bonds. The van der Waals surface area contributed by atoms with Gasteiger partial charge in [-0.25, -0.2) is 4.98 Å². The molecule has 1 N–H and O–H groups in total. The molecular formula is C17H11N3OS2. The summed E-state index contributed by atoms with van der Waals surface area (Å²) in [4.78, 5) is 17.4. The third-order valence-electron chi connectivity index (χ3n) is 2.99. The Morgan fingerprint density at radius 1 is 1.17 bits per heavy atom. The average molecular weight is 337 g/mol. The monoisotopic (exact) mass is 337 g/mol. The largest absolute Gasteiger partial charge is 0.297 e. The molecule has 0 radical (unpaired) electrons. The van der Waals surface area contributed by atoms with Crippen molar-refractivity contribution in [2.24, 2.45) is 0 Å². The molecule has 0 saturated carbocycles. The fourth-order valence-corrected chi connectivity index (χ4v) is 3.27. The number of nitrogens with one attached hydrogen (secondary N) is 1. The van der Waals surface area contributed by atoms with E-state index >= 15 is 0 Å². The zero-order valence-corrected chi connectivity index (χ0v) is 13.5. The molecule has 0 atom stereocenters. The third kappa shape index (κ3) is 3.72. The lowest BCUT2D eigenvalue weighted by Crippen LogP contribution is -2.13. The molecule has 0 fully saturated rings. The van der Waals surface area contributed by atoms with Gasteiger partial charge in [-0.1, -0.05) is 36.4 Å². The SMILES string of the molecule is N#C/C(=C/c1cccs1)C(=O)Nc1nc(-c2ccccc2)cs1. The molecule has 112 valence electrons. The molecule has 0 aliphatic rings. The van der Waals surface area contributed by atoms with Gasteiger partial charge in [0.1, 0.15) is 11.6 Å². The van der Waals surface area contributed by atoms with E-state index in [4.69, 9.17) is 5.26 Å². The molecule has 0 spiro atoms. The fraction of sp³-hybridized carbons (Fsp3) is 0. The van der Waals surface area contributed by atoms with Crippen LogP contribution in [-0.2, 0) is 4.79 Å². The van der Waals surface area contributed by atoms with E-state index in [0.29, 0.717) is 5.13 Å². The summed E-state index contributed by atoms with van der Waals surface area (Å²) in [5.41, 5.74) is 1.84. The Hall–Kier alpha value is -2.75. The Morgan fingerprint density at radius 3 is 2.70 bits per heavy atom. The number of carbonyl (C=O) groups is 1. The number of hydrogen-bond acceptors (Lipinski definition) is 5. The van der Waals surface area contributed by atoms with Gasteiger partial charge in [0.15, 0.2) is 5.13 Å². The fourth-order valence-electron chi connectivity index (χ4n) is 1.90. The summed E-state index contributed by atoms with van der Waals surface area (Å²) in [5.74, 6) is -0.449. The molecule has 1 aromatic carbocycles. The maximum absolute atomic E-state index is 12.2. The zero-order chi connectivity index (χ0) is 16.1. The van der Waals surface area contributed by atoms with Gasteiger partial charge in [-0.2, -0.15) is 5.26 Å². The number of hydrogen-bond donors (Lipinski definition) is 1. The van der Waals surface area contributed by atoms with E-state index in [-0.39, 0.29) is 5.57 Å². The first-order valence-electron chi connectivity index (χ1n) is 6.74. The Balaban J connectivity index is 1.76. The number of nitrogens with zero attached hydrogens (tertiary/aromatic N) is 2. The van der Waals surface area contributed by atoms with Crippen molar-refractivity contribution < 1.29 is 4.79 Å². The van der Waals surface area contributed by atoms with E-state index in [1.54, 1.807) is 6.08 Å². The number of anilines is 1. The zero-order valence-electron chi connectivity index (χ0n) is 11.9. The molecule has 23 heavy (non-hydrogen) atoms. The van der Waals surface area contributed by atoms with Crippen molar-refractivity contribution in [3.05, 3.63) is 63.7 Å². The van der Waals surface area contributed by atoms with Crippen LogP contribution in [0.5, 0.6) is 0 Å². The van der Waals surface area contributed by atoms with Gasteiger partial charge in [-0.05, 0) is 17.5 Å². The average Bonchev–Trinajstić information content (AvgIpc) is 3.25. The molecule has 6 heteroatoms. The lowest BCUT2D eigenvalue weighted by atomic mass is 10.2. The van der Waals surface area contributed by atoms with Crippen LogP contribution in [0.25, 0.3) is 17.3 Å². The summed E-state index contributed by atoms with van der Waals surface area (Å²) in [7, 11) is 0.